The summed E-state index contributed by atoms with van der Waals surface area (Å²) in [7, 11) is 0. The van der Waals surface area contributed by atoms with Crippen molar-refractivity contribution in [2.24, 2.45) is 10.1 Å². The van der Waals surface area contributed by atoms with Crippen molar-refractivity contribution in [1.82, 2.24) is 10.3 Å². The van der Waals surface area contributed by atoms with E-state index in [9.17, 15) is 18.0 Å². The number of fused-ring (bicyclic) bond motifs is 1. The van der Waals surface area contributed by atoms with E-state index in [-0.39, 0.29) is 17.1 Å². The lowest BCUT2D eigenvalue weighted by atomic mass is 10.00. The van der Waals surface area contributed by atoms with Gasteiger partial charge in [0.05, 0.1) is 6.04 Å². The van der Waals surface area contributed by atoms with E-state index in [1.165, 1.54) is 17.2 Å². The highest BCUT2D eigenvalue weighted by Crippen LogP contribution is 2.43. The van der Waals surface area contributed by atoms with Gasteiger partial charge in [0.25, 0.3) is 0 Å². The number of benzene rings is 1. The van der Waals surface area contributed by atoms with Gasteiger partial charge in [0, 0.05) is 17.1 Å². The number of halogens is 4. The molecule has 10 heteroatoms. The van der Waals surface area contributed by atoms with Crippen LogP contribution in [0.25, 0.3) is 0 Å². The van der Waals surface area contributed by atoms with E-state index >= 15 is 0 Å². The standard InChI is InChI=1S/C17H16ClF3N4OS/c1-9(2)22-13(26)8-7-12-14(10-5-3-4-6-11(10)18)23-16-25(12)24-15(27-16)17(19,20)21/h3-9,12,14H,1-2H3,(H,22,26)/b8-7+. The maximum Gasteiger partial charge on any atom is 0.441 e. The quantitative estimate of drug-likeness (QED) is 0.751. The SMILES string of the molecule is CC(C)NC(=O)/C=C/C1C(c2ccccc2Cl)N=C2SC(C(F)(F)F)=NN21. The van der Waals surface area contributed by atoms with Crippen LogP contribution < -0.4 is 5.32 Å². The highest BCUT2D eigenvalue weighted by molar-refractivity contribution is 8.27. The first-order valence-corrected chi connectivity index (χ1v) is 9.30. The zero-order valence-corrected chi connectivity index (χ0v) is 15.9. The monoisotopic (exact) mass is 416 g/mol. The highest BCUT2D eigenvalue weighted by atomic mass is 35.5. The van der Waals surface area contributed by atoms with Crippen molar-refractivity contribution in [1.29, 1.82) is 0 Å². The lowest BCUT2D eigenvalue weighted by Crippen LogP contribution is -2.31. The fourth-order valence-corrected chi connectivity index (χ4v) is 3.78. The van der Waals surface area contributed by atoms with Crippen LogP contribution in [-0.2, 0) is 4.79 Å². The molecule has 0 aromatic heterocycles. The van der Waals surface area contributed by atoms with Gasteiger partial charge in [-0.25, -0.2) is 10.0 Å². The minimum absolute atomic E-state index is 0.0610. The molecule has 0 aliphatic carbocycles. The first-order chi connectivity index (χ1) is 12.7. The van der Waals surface area contributed by atoms with Crippen molar-refractivity contribution in [2.45, 2.75) is 38.1 Å². The predicted molar refractivity (Wildman–Crippen MR) is 101 cm³/mol. The third kappa shape index (κ3) is 4.30. The van der Waals surface area contributed by atoms with E-state index in [1.54, 1.807) is 24.3 Å². The minimum atomic E-state index is -4.55. The average Bonchev–Trinajstić information content (AvgIpc) is 3.10. The zero-order valence-electron chi connectivity index (χ0n) is 14.4. The summed E-state index contributed by atoms with van der Waals surface area (Å²) in [6.07, 6.45) is -1.76. The summed E-state index contributed by atoms with van der Waals surface area (Å²) < 4.78 is 39.0. The van der Waals surface area contributed by atoms with E-state index in [0.717, 1.165) is 0 Å². The van der Waals surface area contributed by atoms with E-state index in [1.807, 2.05) is 13.8 Å². The van der Waals surface area contributed by atoms with Crippen LogP contribution in [0.2, 0.25) is 5.02 Å². The topological polar surface area (TPSA) is 57.1 Å². The molecule has 1 N–H and O–H groups in total. The van der Waals surface area contributed by atoms with Crippen LogP contribution in [0.1, 0.15) is 25.5 Å². The lowest BCUT2D eigenvalue weighted by Gasteiger charge is -2.21. The van der Waals surface area contributed by atoms with Gasteiger partial charge in [0.2, 0.25) is 11.0 Å². The number of hydrogen-bond donors (Lipinski definition) is 1. The Morgan fingerprint density at radius 1 is 1.37 bits per heavy atom. The van der Waals surface area contributed by atoms with Crippen molar-refractivity contribution in [3.63, 3.8) is 0 Å². The van der Waals surface area contributed by atoms with Gasteiger partial charge < -0.3 is 5.32 Å². The van der Waals surface area contributed by atoms with Gasteiger partial charge in [-0.3, -0.25) is 4.79 Å². The third-order valence-electron chi connectivity index (χ3n) is 3.78. The zero-order chi connectivity index (χ0) is 19.8. The molecule has 0 saturated carbocycles. The summed E-state index contributed by atoms with van der Waals surface area (Å²) in [6.45, 7) is 3.62. The molecule has 2 aliphatic rings. The summed E-state index contributed by atoms with van der Waals surface area (Å²) in [5.41, 5.74) is 0.657. The molecule has 1 aromatic rings. The van der Waals surface area contributed by atoms with Crippen LogP contribution in [0.15, 0.2) is 46.5 Å². The molecule has 1 aromatic carbocycles. The number of hydrogen-bond acceptors (Lipinski definition) is 5. The molecule has 0 spiro atoms. The van der Waals surface area contributed by atoms with Crippen molar-refractivity contribution >= 4 is 39.5 Å². The molecule has 0 bridgehead atoms. The molecule has 5 nitrogen and oxygen atoms in total. The molecule has 2 heterocycles. The summed E-state index contributed by atoms with van der Waals surface area (Å²) >= 11 is 6.71. The fraction of sp³-hybridized carbons (Fsp3) is 0.353. The number of nitrogens with one attached hydrogen (secondary N) is 1. The number of amides is 1. The Balaban J connectivity index is 1.93. The van der Waals surface area contributed by atoms with Crippen LogP contribution in [-0.4, -0.2) is 39.4 Å². The van der Waals surface area contributed by atoms with Crippen LogP contribution >= 0.6 is 23.4 Å². The highest BCUT2D eigenvalue weighted by Gasteiger charge is 2.48. The molecule has 0 radical (unpaired) electrons. The number of rotatable bonds is 4. The summed E-state index contributed by atoms with van der Waals surface area (Å²) in [6, 6.07) is 5.65. The Kier molecular flexibility index (Phi) is 5.53. The molecule has 1 amide bonds. The summed E-state index contributed by atoms with van der Waals surface area (Å²) in [4.78, 5) is 16.3. The number of carbonyl (C=O) groups excluding carboxylic acids is 1. The Morgan fingerprint density at radius 2 is 2.07 bits per heavy atom. The minimum Gasteiger partial charge on any atom is -0.350 e. The molecule has 2 atom stereocenters. The lowest BCUT2D eigenvalue weighted by molar-refractivity contribution is -0.117. The number of thioether (sulfide) groups is 1. The van der Waals surface area contributed by atoms with Gasteiger partial charge in [0.15, 0.2) is 5.17 Å². The van der Waals surface area contributed by atoms with Gasteiger partial charge in [-0.05, 0) is 37.2 Å². The number of carbonyl (C=O) groups is 1. The second-order valence-electron chi connectivity index (χ2n) is 6.24. The van der Waals surface area contributed by atoms with Crippen molar-refractivity contribution < 1.29 is 18.0 Å². The number of aliphatic imine (C=N–C) groups is 1. The molecule has 2 aliphatic heterocycles. The molecule has 3 rings (SSSR count). The first kappa shape index (κ1) is 19.8. The normalized spacial score (nSPS) is 22.3. The molecular formula is C17H16ClF3N4OS. The van der Waals surface area contributed by atoms with Crippen molar-refractivity contribution in [3.05, 3.63) is 47.0 Å². The summed E-state index contributed by atoms with van der Waals surface area (Å²) in [5.74, 6) is -0.344. The summed E-state index contributed by atoms with van der Waals surface area (Å²) in [5, 5.41) is 7.17. The largest absolute Gasteiger partial charge is 0.441 e. The van der Waals surface area contributed by atoms with E-state index in [2.05, 4.69) is 15.4 Å². The average molecular weight is 417 g/mol. The second kappa shape index (κ2) is 7.55. The van der Waals surface area contributed by atoms with Gasteiger partial charge in [-0.1, -0.05) is 35.9 Å². The molecule has 27 heavy (non-hydrogen) atoms. The molecule has 0 fully saturated rings. The fourth-order valence-electron chi connectivity index (χ4n) is 2.69. The first-order valence-electron chi connectivity index (χ1n) is 8.10. The Morgan fingerprint density at radius 3 is 2.70 bits per heavy atom. The van der Waals surface area contributed by atoms with Crippen LogP contribution in [0.5, 0.6) is 0 Å². The van der Waals surface area contributed by atoms with Crippen LogP contribution in [0, 0.1) is 0 Å². The van der Waals surface area contributed by atoms with E-state index in [0.29, 0.717) is 22.3 Å². The van der Waals surface area contributed by atoms with Crippen molar-refractivity contribution in [2.75, 3.05) is 0 Å². The second-order valence-corrected chi connectivity index (χ2v) is 7.60. The maximum absolute atomic E-state index is 13.0. The maximum atomic E-state index is 13.0. The van der Waals surface area contributed by atoms with Gasteiger partial charge >= 0.3 is 6.18 Å². The Bertz CT molecular complexity index is 838. The molecular weight excluding hydrogens is 401 g/mol. The van der Waals surface area contributed by atoms with Gasteiger partial charge in [-0.15, -0.1) is 0 Å². The third-order valence-corrected chi connectivity index (χ3v) is 5.11. The van der Waals surface area contributed by atoms with Gasteiger partial charge in [0.1, 0.15) is 6.04 Å². The molecule has 0 saturated heterocycles. The van der Waals surface area contributed by atoms with E-state index in [4.69, 9.17) is 11.6 Å². The predicted octanol–water partition coefficient (Wildman–Crippen LogP) is 4.12. The smallest absolute Gasteiger partial charge is 0.350 e. The Hall–Kier alpha value is -2.00. The molecule has 144 valence electrons. The van der Waals surface area contributed by atoms with Crippen LogP contribution in [0.3, 0.4) is 0 Å². The number of amidine groups is 1. The number of nitrogens with zero attached hydrogens (tertiary/aromatic N) is 3. The molecule has 2 unspecified atom stereocenters. The Labute approximate surface area is 163 Å². The van der Waals surface area contributed by atoms with E-state index < -0.39 is 23.3 Å². The van der Waals surface area contributed by atoms with Crippen molar-refractivity contribution in [3.8, 4) is 0 Å². The van der Waals surface area contributed by atoms with Gasteiger partial charge in [-0.2, -0.15) is 18.3 Å². The number of hydrazone groups is 1. The van der Waals surface area contributed by atoms with Crippen LogP contribution in [0.4, 0.5) is 13.2 Å². The number of alkyl halides is 3.